The van der Waals surface area contributed by atoms with Gasteiger partial charge in [-0.25, -0.2) is 4.90 Å². The van der Waals surface area contributed by atoms with Gasteiger partial charge >= 0.3 is 11.4 Å². The number of nitro benzene ring substituents is 2. The molecule has 6 atom stereocenters. The molecule has 6 rings (SSSR count). The molecule has 3 fully saturated rings. The van der Waals surface area contributed by atoms with Gasteiger partial charge in [-0.1, -0.05) is 33.6 Å². The van der Waals surface area contributed by atoms with E-state index in [0.717, 1.165) is 17.0 Å². The van der Waals surface area contributed by atoms with Crippen molar-refractivity contribution < 1.29 is 38.9 Å². The van der Waals surface area contributed by atoms with Crippen LogP contribution in [0, 0.1) is 38.0 Å². The fourth-order valence-electron chi connectivity index (χ4n) is 7.82. The van der Waals surface area contributed by atoms with Gasteiger partial charge in [0, 0.05) is 32.1 Å². The molecule has 2 aliphatic carbocycles. The number of allylic oxidation sites excluding steroid dienone is 2. The number of likely N-dealkylation sites (tertiary alicyclic amines) is 1. The highest BCUT2D eigenvalue weighted by atomic mass is 79.9. The first kappa shape index (κ1) is 34.6. The highest BCUT2D eigenvalue weighted by molar-refractivity contribution is 9.09. The quantitative estimate of drug-likeness (QED) is 0.0984. The van der Waals surface area contributed by atoms with E-state index in [1.54, 1.807) is 13.0 Å². The number of carbonyl (C=O) groups excluding carboxylic acids is 4. The van der Waals surface area contributed by atoms with Crippen LogP contribution in [0.1, 0.15) is 31.2 Å². The van der Waals surface area contributed by atoms with Crippen LogP contribution >= 0.6 is 39.1 Å². The molecule has 0 spiro atoms. The zero-order chi connectivity index (χ0) is 35.9. The number of hydrogen-bond acceptors (Lipinski definition) is 11. The number of benzene rings is 2. The average molecular weight is 781 g/mol. The van der Waals surface area contributed by atoms with Gasteiger partial charge in [0.15, 0.2) is 26.9 Å². The first-order valence-corrected chi connectivity index (χ1v) is 16.9. The first-order chi connectivity index (χ1) is 23.0. The number of imide groups is 2. The van der Waals surface area contributed by atoms with Gasteiger partial charge < -0.3 is 14.7 Å². The summed E-state index contributed by atoms with van der Waals surface area (Å²) in [6, 6.07) is 6.22. The van der Waals surface area contributed by atoms with E-state index in [0.29, 0.717) is 16.0 Å². The zero-order valence-corrected chi connectivity index (χ0v) is 29.2. The molecule has 18 heteroatoms. The van der Waals surface area contributed by atoms with E-state index in [-0.39, 0.29) is 47.8 Å². The minimum absolute atomic E-state index is 0.0169. The number of anilines is 2. The van der Waals surface area contributed by atoms with Crippen molar-refractivity contribution in [3.63, 3.8) is 0 Å². The maximum absolute atomic E-state index is 14.4. The van der Waals surface area contributed by atoms with Gasteiger partial charge in [0.25, 0.3) is 11.8 Å². The maximum atomic E-state index is 14.4. The third-order valence-electron chi connectivity index (χ3n) is 9.79. The molecule has 15 nitrogen and oxygen atoms in total. The third kappa shape index (κ3) is 4.74. The van der Waals surface area contributed by atoms with Crippen LogP contribution in [0.25, 0.3) is 0 Å². The molecule has 2 aromatic carbocycles. The van der Waals surface area contributed by atoms with Gasteiger partial charge in [-0.05, 0) is 43.4 Å². The molecule has 1 N–H and O–H groups in total. The normalized spacial score (nSPS) is 29.0. The number of alkyl halides is 3. The van der Waals surface area contributed by atoms with Crippen molar-refractivity contribution in [2.75, 3.05) is 36.0 Å². The van der Waals surface area contributed by atoms with Crippen LogP contribution in [0.2, 0.25) is 0 Å². The van der Waals surface area contributed by atoms with Crippen LogP contribution in [0.4, 0.5) is 22.7 Å². The molecule has 2 aromatic rings. The topological polar surface area (TPSA) is 194 Å². The van der Waals surface area contributed by atoms with Gasteiger partial charge in [0.05, 0.1) is 39.4 Å². The number of nitro groups is 2. The zero-order valence-electron chi connectivity index (χ0n) is 26.1. The largest absolute Gasteiger partial charge is 0.504 e. The number of aromatic hydroxyl groups is 1. The second-order valence-corrected chi connectivity index (χ2v) is 14.1. The minimum atomic E-state index is -2.10. The molecule has 4 amide bonds. The van der Waals surface area contributed by atoms with Crippen LogP contribution in [-0.4, -0.2) is 79.4 Å². The van der Waals surface area contributed by atoms with Crippen LogP contribution in [-0.2, 0) is 19.2 Å². The predicted octanol–water partition coefficient (Wildman–Crippen LogP) is 4.59. The van der Waals surface area contributed by atoms with Gasteiger partial charge in [0.2, 0.25) is 11.8 Å². The van der Waals surface area contributed by atoms with Crippen LogP contribution in [0.3, 0.4) is 0 Å². The minimum Gasteiger partial charge on any atom is -0.504 e. The summed E-state index contributed by atoms with van der Waals surface area (Å²) in [5.41, 5.74) is -1.45. The van der Waals surface area contributed by atoms with Crippen molar-refractivity contribution >= 4 is 85.5 Å². The SMILES string of the molecule is CCOc1cc(C2C3=CCC4C(=O)N(c5cc([N+](=O)[O-])c(N(C)C)c([N+](=O)[O-])c5)C(=O)C4C3CC3(Cl)C(=O)N(CBr)C(=O)C23Cl)ccc1O. The summed E-state index contributed by atoms with van der Waals surface area (Å²) in [5, 5.41) is 34.5. The molecule has 0 aromatic heterocycles. The Morgan fingerprint density at radius 3 is 2.20 bits per heavy atom. The van der Waals surface area contributed by atoms with E-state index in [1.807, 2.05) is 0 Å². The molecular formula is C31H28BrCl2N5O10. The Balaban J connectivity index is 1.52. The Bertz CT molecular complexity index is 1870. The predicted molar refractivity (Wildman–Crippen MR) is 179 cm³/mol. The molecule has 6 unspecified atom stereocenters. The maximum Gasteiger partial charge on any atom is 0.301 e. The summed E-state index contributed by atoms with van der Waals surface area (Å²) in [7, 11) is 2.77. The molecule has 0 bridgehead atoms. The summed E-state index contributed by atoms with van der Waals surface area (Å²) >= 11 is 17.6. The summed E-state index contributed by atoms with van der Waals surface area (Å²) in [5.74, 6) is -7.49. The number of fused-ring (bicyclic) bond motifs is 4. The number of rotatable bonds is 8. The Morgan fingerprint density at radius 2 is 1.65 bits per heavy atom. The number of nitrogens with zero attached hydrogens (tertiary/aromatic N) is 5. The molecular weight excluding hydrogens is 753 g/mol. The Hall–Kier alpha value is -4.28. The monoisotopic (exact) mass is 779 g/mol. The average Bonchev–Trinajstić information content (AvgIpc) is 3.38. The van der Waals surface area contributed by atoms with Crippen molar-refractivity contribution in [2.45, 2.75) is 35.4 Å². The third-order valence-corrected chi connectivity index (χ3v) is 11.7. The second-order valence-electron chi connectivity index (χ2n) is 12.4. The van der Waals surface area contributed by atoms with Gasteiger partial charge in [-0.3, -0.25) is 44.3 Å². The number of amides is 4. The summed E-state index contributed by atoms with van der Waals surface area (Å²) in [4.78, 5) is 77.3. The Labute approximate surface area is 296 Å². The molecule has 0 radical (unpaired) electrons. The summed E-state index contributed by atoms with van der Waals surface area (Å²) < 4.78 is 5.58. The molecule has 2 aliphatic heterocycles. The van der Waals surface area contributed by atoms with Crippen molar-refractivity contribution in [3.8, 4) is 11.5 Å². The van der Waals surface area contributed by atoms with E-state index in [9.17, 15) is 44.5 Å². The van der Waals surface area contributed by atoms with Gasteiger partial charge in [-0.15, -0.1) is 23.2 Å². The molecule has 49 heavy (non-hydrogen) atoms. The fourth-order valence-corrected chi connectivity index (χ4v) is 9.24. The van der Waals surface area contributed by atoms with Gasteiger partial charge in [-0.2, -0.15) is 0 Å². The smallest absolute Gasteiger partial charge is 0.301 e. The number of carbonyl (C=O) groups is 4. The van der Waals surface area contributed by atoms with Crippen molar-refractivity contribution in [3.05, 3.63) is 67.8 Å². The Morgan fingerprint density at radius 1 is 1.02 bits per heavy atom. The second kappa shape index (κ2) is 11.9. The molecule has 4 aliphatic rings. The molecule has 2 saturated heterocycles. The number of phenols is 1. The highest BCUT2D eigenvalue weighted by Gasteiger charge is 2.76. The lowest BCUT2D eigenvalue weighted by Gasteiger charge is -2.50. The van der Waals surface area contributed by atoms with E-state index in [2.05, 4.69) is 15.9 Å². The first-order valence-electron chi connectivity index (χ1n) is 15.0. The number of hydrogen-bond donors (Lipinski definition) is 1. The Kier molecular flexibility index (Phi) is 8.43. The highest BCUT2D eigenvalue weighted by Crippen LogP contribution is 2.66. The fraction of sp³-hybridized carbons (Fsp3) is 0.419. The van der Waals surface area contributed by atoms with E-state index in [4.69, 9.17) is 27.9 Å². The standard InChI is InChI=1S/C31H28BrCl2N5O10/c1-4-49-22-9-14(5-8-21(22)40)24-16-6-7-17-23(18(16)12-30(33)28(43)36(13-32)29(44)31(24,30)34)27(42)37(26(17)41)15-10-19(38(45)46)25(35(2)3)20(11-15)39(47)48/h5-6,8-11,17-18,23-24,40H,4,7,12-13H2,1-3H3. The molecule has 2 heterocycles. The summed E-state index contributed by atoms with van der Waals surface area (Å²) in [6.45, 7) is 1.90. The molecule has 1 saturated carbocycles. The lowest BCUT2D eigenvalue weighted by Crippen LogP contribution is -2.60. The van der Waals surface area contributed by atoms with E-state index < -0.39 is 78.3 Å². The van der Waals surface area contributed by atoms with Crippen LogP contribution in [0.15, 0.2) is 42.0 Å². The summed E-state index contributed by atoms with van der Waals surface area (Å²) in [6.07, 6.45) is 1.35. The lowest BCUT2D eigenvalue weighted by molar-refractivity contribution is -0.392. The van der Waals surface area contributed by atoms with Crippen molar-refractivity contribution in [1.29, 1.82) is 0 Å². The van der Waals surface area contributed by atoms with Crippen LogP contribution < -0.4 is 14.5 Å². The van der Waals surface area contributed by atoms with Gasteiger partial charge in [0.1, 0.15) is 0 Å². The van der Waals surface area contributed by atoms with E-state index >= 15 is 0 Å². The lowest BCUT2D eigenvalue weighted by atomic mass is 9.56. The molecule has 258 valence electrons. The van der Waals surface area contributed by atoms with Crippen molar-refractivity contribution in [1.82, 2.24) is 4.90 Å². The van der Waals surface area contributed by atoms with E-state index in [1.165, 1.54) is 37.2 Å². The van der Waals surface area contributed by atoms with Crippen molar-refractivity contribution in [2.24, 2.45) is 17.8 Å². The number of phenolic OH excluding ortho intramolecular Hbond substituents is 1. The number of halogens is 3. The number of ether oxygens (including phenoxy) is 1. The van der Waals surface area contributed by atoms with Crippen LogP contribution in [0.5, 0.6) is 11.5 Å².